The third-order valence-corrected chi connectivity index (χ3v) is 13.2. The van der Waals surface area contributed by atoms with Gasteiger partial charge >= 0.3 is 17.9 Å². The Bertz CT molecular complexity index is 1330. The van der Waals surface area contributed by atoms with Crippen LogP contribution in [0.2, 0.25) is 0 Å². The fraction of sp³-hybridized carbons (Fsp3) is 0.767. The highest BCUT2D eigenvalue weighted by atomic mass is 31.2. The molecule has 1 fully saturated rings. The van der Waals surface area contributed by atoms with Gasteiger partial charge in [0.25, 0.3) is 0 Å². The van der Waals surface area contributed by atoms with Crippen molar-refractivity contribution in [3.05, 3.63) is 29.8 Å². The van der Waals surface area contributed by atoms with Crippen LogP contribution in [0.15, 0.2) is 24.3 Å². The number of carbonyl (C=O) groups is 4. The van der Waals surface area contributed by atoms with E-state index in [4.69, 9.17) is 10.3 Å². The SMILES string of the molecule is CCP(=O)(CN)OCCCCCCCCCCCCCCCCCCc1ccc(NC(=O)CN2CCN(CC(=O)O)CCN(CC(=O)O)CCN(CC(=O)O)CC2)cc1. The van der Waals surface area contributed by atoms with Crippen LogP contribution in [0.4, 0.5) is 5.69 Å². The van der Waals surface area contributed by atoms with Gasteiger partial charge in [-0.25, -0.2) is 0 Å². The van der Waals surface area contributed by atoms with E-state index < -0.39 is 25.3 Å². The highest BCUT2D eigenvalue weighted by molar-refractivity contribution is 7.58. The third-order valence-electron chi connectivity index (χ3n) is 11.1. The summed E-state index contributed by atoms with van der Waals surface area (Å²) >= 11 is 0. The zero-order valence-electron chi connectivity index (χ0n) is 36.0. The van der Waals surface area contributed by atoms with Crippen LogP contribution in [0, 0.1) is 0 Å². The second kappa shape index (κ2) is 31.9. The number of nitrogens with one attached hydrogen (secondary N) is 1. The summed E-state index contributed by atoms with van der Waals surface area (Å²) < 4.78 is 17.7. The molecule has 16 heteroatoms. The number of amides is 1. The highest BCUT2D eigenvalue weighted by Gasteiger charge is 2.21. The van der Waals surface area contributed by atoms with Crippen molar-refractivity contribution in [3.8, 4) is 0 Å². The van der Waals surface area contributed by atoms with Crippen LogP contribution in [-0.4, -0.2) is 156 Å². The van der Waals surface area contributed by atoms with E-state index in [9.17, 15) is 39.1 Å². The molecule has 0 bridgehead atoms. The maximum atomic E-state index is 13.1. The van der Waals surface area contributed by atoms with Crippen molar-refractivity contribution >= 4 is 36.9 Å². The van der Waals surface area contributed by atoms with Crippen molar-refractivity contribution in [1.82, 2.24) is 19.6 Å². The molecule has 1 saturated heterocycles. The van der Waals surface area contributed by atoms with Gasteiger partial charge in [0.2, 0.25) is 13.3 Å². The minimum absolute atomic E-state index is 0.0655. The summed E-state index contributed by atoms with van der Waals surface area (Å²) in [5.74, 6) is -3.18. The lowest BCUT2D eigenvalue weighted by Crippen LogP contribution is -2.49. The van der Waals surface area contributed by atoms with E-state index in [0.29, 0.717) is 70.8 Å². The number of carboxylic acid groups (broad SMARTS) is 3. The summed E-state index contributed by atoms with van der Waals surface area (Å²) in [5, 5.41) is 31.2. The Morgan fingerprint density at radius 2 is 0.915 bits per heavy atom. The smallest absolute Gasteiger partial charge is 0.317 e. The number of carboxylic acids is 3. The first-order valence-electron chi connectivity index (χ1n) is 22.3. The molecule has 1 aliphatic heterocycles. The van der Waals surface area contributed by atoms with E-state index in [1.165, 1.54) is 89.0 Å². The monoisotopic (exact) mass is 853 g/mol. The van der Waals surface area contributed by atoms with E-state index >= 15 is 0 Å². The summed E-state index contributed by atoms with van der Waals surface area (Å²) in [5.41, 5.74) is 7.50. The van der Waals surface area contributed by atoms with Gasteiger partial charge in [0, 0.05) is 64.2 Å². The molecule has 0 aromatic heterocycles. The molecular formula is C43H77N6O9P. The topological polar surface area (TPSA) is 206 Å². The predicted molar refractivity (Wildman–Crippen MR) is 234 cm³/mol. The molecule has 0 aliphatic carbocycles. The Labute approximate surface area is 353 Å². The van der Waals surface area contributed by atoms with E-state index in [1.54, 1.807) is 14.7 Å². The molecule has 1 atom stereocenters. The van der Waals surface area contributed by atoms with Crippen LogP contribution in [0.5, 0.6) is 0 Å². The fourth-order valence-corrected chi connectivity index (χ4v) is 8.36. The number of carbonyl (C=O) groups excluding carboxylic acids is 1. The normalized spacial score (nSPS) is 16.5. The van der Waals surface area contributed by atoms with Crippen molar-refractivity contribution in [1.29, 1.82) is 0 Å². The Hall–Kier alpha value is -2.91. The van der Waals surface area contributed by atoms with Crippen LogP contribution in [-0.2, 0) is 34.7 Å². The zero-order chi connectivity index (χ0) is 43.1. The molecule has 0 saturated carbocycles. The molecule has 1 heterocycles. The standard InChI is InChI=1S/C43H77N6O9P/c1-2-59(57,37-44)58-32-18-16-14-12-10-8-6-4-3-5-7-9-11-13-15-17-19-38-20-22-39(23-21-38)45-40(50)33-46-24-26-47(34-41(51)52)28-30-49(36-43(55)56)31-29-48(27-25-46)35-42(53)54/h20-23H,2-19,24-37,44H2,1H3,(H,45,50)(H,51,52)(H,53,54)(H,55,56). The van der Waals surface area contributed by atoms with Crippen LogP contribution in [0.1, 0.15) is 115 Å². The highest BCUT2D eigenvalue weighted by Crippen LogP contribution is 2.44. The molecule has 1 aliphatic rings. The molecule has 338 valence electrons. The molecule has 2 rings (SSSR count). The summed E-state index contributed by atoms with van der Waals surface area (Å²) in [6.07, 6.45) is 21.7. The number of benzene rings is 1. The zero-order valence-corrected chi connectivity index (χ0v) is 36.9. The molecule has 1 aromatic carbocycles. The minimum atomic E-state index is -2.56. The first kappa shape index (κ1) is 52.2. The van der Waals surface area contributed by atoms with Gasteiger partial charge in [-0.3, -0.25) is 43.3 Å². The number of hydrogen-bond acceptors (Lipinski definition) is 11. The van der Waals surface area contributed by atoms with Crippen molar-refractivity contribution in [2.75, 3.05) is 103 Å². The van der Waals surface area contributed by atoms with Crippen LogP contribution in [0.25, 0.3) is 0 Å². The number of aliphatic carboxylic acids is 3. The first-order valence-corrected chi connectivity index (χ1v) is 24.3. The number of aryl methyl sites for hydroxylation is 1. The average molecular weight is 853 g/mol. The average Bonchev–Trinajstić information content (AvgIpc) is 3.19. The molecule has 1 amide bonds. The van der Waals surface area contributed by atoms with Gasteiger partial charge in [0.05, 0.1) is 39.1 Å². The summed E-state index contributed by atoms with van der Waals surface area (Å²) in [4.78, 5) is 54.8. The number of rotatable bonds is 31. The lowest BCUT2D eigenvalue weighted by Gasteiger charge is -2.32. The number of hydrogen-bond donors (Lipinski definition) is 5. The number of nitrogens with two attached hydrogens (primary N) is 1. The number of nitrogens with zero attached hydrogens (tertiary/aromatic N) is 4. The van der Waals surface area contributed by atoms with Gasteiger partial charge in [-0.2, -0.15) is 0 Å². The van der Waals surface area contributed by atoms with E-state index in [2.05, 4.69) is 17.4 Å². The molecule has 15 nitrogen and oxygen atoms in total. The van der Waals surface area contributed by atoms with Crippen molar-refractivity contribution in [2.45, 2.75) is 116 Å². The van der Waals surface area contributed by atoms with Gasteiger partial charge in [-0.1, -0.05) is 109 Å². The minimum Gasteiger partial charge on any atom is -0.480 e. The summed E-state index contributed by atoms with van der Waals surface area (Å²) in [6, 6.07) is 7.96. The molecular weight excluding hydrogens is 775 g/mol. The Morgan fingerprint density at radius 3 is 1.25 bits per heavy atom. The Balaban J connectivity index is 1.60. The van der Waals surface area contributed by atoms with Crippen LogP contribution < -0.4 is 11.1 Å². The molecule has 6 N–H and O–H groups in total. The summed E-state index contributed by atoms with van der Waals surface area (Å²) in [7, 11) is -2.56. The quantitative estimate of drug-likeness (QED) is 0.0422. The third kappa shape index (κ3) is 26.8. The van der Waals surface area contributed by atoms with Gasteiger partial charge < -0.3 is 30.9 Å². The second-order valence-corrected chi connectivity index (χ2v) is 19.0. The van der Waals surface area contributed by atoms with E-state index in [-0.39, 0.29) is 38.4 Å². The van der Waals surface area contributed by atoms with Crippen molar-refractivity contribution in [2.24, 2.45) is 5.73 Å². The maximum absolute atomic E-state index is 13.1. The maximum Gasteiger partial charge on any atom is 0.317 e. The van der Waals surface area contributed by atoms with Crippen LogP contribution in [0.3, 0.4) is 0 Å². The number of anilines is 1. The summed E-state index contributed by atoms with van der Waals surface area (Å²) in [6.45, 7) is 4.68. The lowest BCUT2D eigenvalue weighted by molar-refractivity contribution is -0.140. The van der Waals surface area contributed by atoms with Gasteiger partial charge in [0.1, 0.15) is 0 Å². The van der Waals surface area contributed by atoms with Crippen LogP contribution >= 0.6 is 7.37 Å². The van der Waals surface area contributed by atoms with Gasteiger partial charge in [-0.15, -0.1) is 0 Å². The molecule has 0 radical (unpaired) electrons. The van der Waals surface area contributed by atoms with Crippen molar-refractivity contribution < 1.29 is 43.6 Å². The fourth-order valence-electron chi connectivity index (χ4n) is 7.35. The second-order valence-electron chi connectivity index (χ2n) is 16.1. The van der Waals surface area contributed by atoms with E-state index in [0.717, 1.165) is 25.7 Å². The lowest BCUT2D eigenvalue weighted by atomic mass is 10.0. The molecule has 1 unspecified atom stereocenters. The first-order chi connectivity index (χ1) is 28.4. The predicted octanol–water partition coefficient (Wildman–Crippen LogP) is 6.12. The van der Waals surface area contributed by atoms with E-state index in [1.807, 2.05) is 24.0 Å². The molecule has 0 spiro atoms. The Morgan fingerprint density at radius 1 is 0.576 bits per heavy atom. The van der Waals surface area contributed by atoms with Gasteiger partial charge in [0.15, 0.2) is 0 Å². The molecule has 59 heavy (non-hydrogen) atoms. The van der Waals surface area contributed by atoms with Gasteiger partial charge in [-0.05, 0) is 37.0 Å². The Kier molecular flexibility index (Phi) is 28.2. The number of unbranched alkanes of at least 4 members (excludes halogenated alkanes) is 15. The van der Waals surface area contributed by atoms with Crippen molar-refractivity contribution in [3.63, 3.8) is 0 Å². The molecule has 1 aromatic rings. The largest absolute Gasteiger partial charge is 0.480 e.